The van der Waals surface area contributed by atoms with Crippen LogP contribution >= 0.6 is 11.6 Å². The zero-order chi connectivity index (χ0) is 23.2. The second-order valence-electron chi connectivity index (χ2n) is 8.58. The number of aromatic nitrogens is 3. The van der Waals surface area contributed by atoms with Gasteiger partial charge in [-0.15, -0.1) is 0 Å². The molecule has 10 heteroatoms. The number of nitrogens with zero attached hydrogens (tertiary/aromatic N) is 3. The van der Waals surface area contributed by atoms with Crippen molar-refractivity contribution < 1.29 is 22.6 Å². The maximum absolute atomic E-state index is 13.5. The first-order valence-electron chi connectivity index (χ1n) is 11.0. The monoisotopic (exact) mass is 480 g/mol. The summed E-state index contributed by atoms with van der Waals surface area (Å²) in [5.41, 5.74) is 2.10. The number of ether oxygens (including phenoxy) is 2. The van der Waals surface area contributed by atoms with Crippen LogP contribution in [0.1, 0.15) is 42.3 Å². The molecule has 0 saturated carbocycles. The summed E-state index contributed by atoms with van der Waals surface area (Å²) in [5.74, 6) is 0.510. The summed E-state index contributed by atoms with van der Waals surface area (Å²) in [4.78, 5) is 13.3. The normalized spacial score (nSPS) is 21.3. The third kappa shape index (κ3) is 4.36. The highest BCUT2D eigenvalue weighted by Crippen LogP contribution is 2.42. The van der Waals surface area contributed by atoms with Gasteiger partial charge in [-0.05, 0) is 55.4 Å². The minimum absolute atomic E-state index is 0.188. The van der Waals surface area contributed by atoms with Gasteiger partial charge in [-0.1, -0.05) is 11.6 Å². The number of nitrogens with one attached hydrogen (secondary N) is 1. The van der Waals surface area contributed by atoms with Crippen LogP contribution in [0.4, 0.5) is 19.0 Å². The number of hydrogen-bond acceptors (Lipinski definition) is 5. The Morgan fingerprint density at radius 1 is 1.27 bits per heavy atom. The molecule has 3 aromatic rings. The maximum atomic E-state index is 13.5. The molecule has 2 atom stereocenters. The second kappa shape index (κ2) is 8.68. The Labute approximate surface area is 194 Å². The highest BCUT2D eigenvalue weighted by Gasteiger charge is 2.38. The van der Waals surface area contributed by atoms with E-state index in [1.807, 2.05) is 23.1 Å². The zero-order valence-electron chi connectivity index (χ0n) is 18.1. The Morgan fingerprint density at radius 2 is 2.12 bits per heavy atom. The molecule has 33 heavy (non-hydrogen) atoms. The molecule has 0 radical (unpaired) electrons. The van der Waals surface area contributed by atoms with Crippen LogP contribution in [-0.4, -0.2) is 41.8 Å². The number of rotatable bonds is 4. The average molecular weight is 481 g/mol. The quantitative estimate of drug-likeness (QED) is 0.529. The molecular formula is C23H24ClF3N4O2. The number of halogens is 4. The van der Waals surface area contributed by atoms with Gasteiger partial charge in [0.05, 0.1) is 13.2 Å². The lowest BCUT2D eigenvalue weighted by Crippen LogP contribution is -2.38. The Balaban J connectivity index is 1.60. The lowest BCUT2D eigenvalue weighted by molar-refractivity contribution is -0.141. The van der Waals surface area contributed by atoms with E-state index in [0.29, 0.717) is 30.5 Å². The molecule has 0 spiro atoms. The standard InChI is InChI=1S/C23H24ClF3N4O2/c1-32-22-29-19(23(25,26)27)11-20(30-22)31-7-6-15-16-10-14(24)4-5-17(16)28-21(15)18(31)9-13-3-2-8-33-12-13/h4-5,10-11,13,18,28H,2-3,6-9,12H2,1H3/t13-,18-/m0/s1. The Kier molecular flexibility index (Phi) is 5.86. The Morgan fingerprint density at radius 3 is 2.85 bits per heavy atom. The SMILES string of the molecule is COc1nc(N2CCc3c([nH]c4ccc(Cl)cc34)[C@@H]2C[C@@H]2CCCOC2)cc(C(F)(F)F)n1. The van der Waals surface area contributed by atoms with Gasteiger partial charge in [-0.3, -0.25) is 0 Å². The minimum Gasteiger partial charge on any atom is -0.467 e. The number of H-pyrrole nitrogens is 1. The van der Waals surface area contributed by atoms with Crippen molar-refractivity contribution in [2.45, 2.75) is 37.9 Å². The van der Waals surface area contributed by atoms with Gasteiger partial charge in [-0.25, -0.2) is 0 Å². The molecule has 0 aliphatic carbocycles. The van der Waals surface area contributed by atoms with Gasteiger partial charge in [0, 0.05) is 47.4 Å². The molecule has 1 fully saturated rings. The number of methoxy groups -OCH3 is 1. The number of hydrogen-bond donors (Lipinski definition) is 1. The zero-order valence-corrected chi connectivity index (χ0v) is 18.8. The molecule has 1 aromatic carbocycles. The minimum atomic E-state index is -4.60. The van der Waals surface area contributed by atoms with Gasteiger partial charge in [0.25, 0.3) is 0 Å². The van der Waals surface area contributed by atoms with E-state index in [-0.39, 0.29) is 17.9 Å². The first-order valence-corrected chi connectivity index (χ1v) is 11.4. The van der Waals surface area contributed by atoms with E-state index in [1.54, 1.807) is 0 Å². The number of aromatic amines is 1. The van der Waals surface area contributed by atoms with Gasteiger partial charge < -0.3 is 19.4 Å². The first-order chi connectivity index (χ1) is 15.8. The van der Waals surface area contributed by atoms with Crippen LogP contribution in [0, 0.1) is 5.92 Å². The van der Waals surface area contributed by atoms with Crippen LogP contribution in [0.15, 0.2) is 24.3 Å². The molecule has 2 aliphatic heterocycles. The maximum Gasteiger partial charge on any atom is 0.433 e. The third-order valence-electron chi connectivity index (χ3n) is 6.48. The first kappa shape index (κ1) is 22.3. The molecule has 5 rings (SSSR count). The van der Waals surface area contributed by atoms with E-state index in [4.69, 9.17) is 21.1 Å². The van der Waals surface area contributed by atoms with Crippen LogP contribution < -0.4 is 9.64 Å². The third-order valence-corrected chi connectivity index (χ3v) is 6.72. The predicted molar refractivity (Wildman–Crippen MR) is 119 cm³/mol. The van der Waals surface area contributed by atoms with Crippen molar-refractivity contribution in [3.63, 3.8) is 0 Å². The molecular weight excluding hydrogens is 457 g/mol. The van der Waals surface area contributed by atoms with Gasteiger partial charge in [-0.2, -0.15) is 23.1 Å². The summed E-state index contributed by atoms with van der Waals surface area (Å²) in [6.07, 6.45) is -1.21. The average Bonchev–Trinajstić information content (AvgIpc) is 3.17. The molecule has 2 aromatic heterocycles. The van der Waals surface area contributed by atoms with E-state index in [1.165, 1.54) is 7.11 Å². The van der Waals surface area contributed by atoms with E-state index < -0.39 is 11.9 Å². The predicted octanol–water partition coefficient (Wildman–Crippen LogP) is 5.56. The molecule has 176 valence electrons. The summed E-state index contributed by atoms with van der Waals surface area (Å²) < 4.78 is 51.3. The van der Waals surface area contributed by atoms with Crippen LogP contribution in [0.2, 0.25) is 5.02 Å². The molecule has 2 aliphatic rings. The molecule has 0 unspecified atom stereocenters. The fourth-order valence-corrected chi connectivity index (χ4v) is 5.14. The fourth-order valence-electron chi connectivity index (χ4n) is 4.96. The molecule has 0 amide bonds. The Hall–Kier alpha value is -2.52. The summed E-state index contributed by atoms with van der Waals surface area (Å²) in [6.45, 7) is 1.91. The Bertz CT molecular complexity index is 1160. The largest absolute Gasteiger partial charge is 0.467 e. The van der Waals surface area contributed by atoms with E-state index in [9.17, 15) is 13.2 Å². The van der Waals surface area contributed by atoms with Crippen molar-refractivity contribution in [1.29, 1.82) is 0 Å². The summed E-state index contributed by atoms with van der Waals surface area (Å²) in [5, 5.41) is 1.71. The van der Waals surface area contributed by atoms with Crippen LogP contribution in [0.25, 0.3) is 10.9 Å². The fraction of sp³-hybridized carbons (Fsp3) is 0.478. The van der Waals surface area contributed by atoms with Crippen molar-refractivity contribution in [3.05, 3.63) is 46.2 Å². The summed E-state index contributed by atoms with van der Waals surface area (Å²) in [6, 6.07) is 6.24. The number of fused-ring (bicyclic) bond motifs is 3. The highest BCUT2D eigenvalue weighted by atomic mass is 35.5. The van der Waals surface area contributed by atoms with Crippen molar-refractivity contribution in [3.8, 4) is 6.01 Å². The van der Waals surface area contributed by atoms with E-state index >= 15 is 0 Å². The van der Waals surface area contributed by atoms with E-state index in [0.717, 1.165) is 54.1 Å². The van der Waals surface area contributed by atoms with Crippen molar-refractivity contribution in [1.82, 2.24) is 15.0 Å². The van der Waals surface area contributed by atoms with Crippen LogP contribution in [0.5, 0.6) is 6.01 Å². The summed E-state index contributed by atoms with van der Waals surface area (Å²) in [7, 11) is 1.27. The van der Waals surface area contributed by atoms with Crippen molar-refractivity contribution >= 4 is 28.3 Å². The molecule has 1 N–H and O–H groups in total. The van der Waals surface area contributed by atoms with Crippen LogP contribution in [-0.2, 0) is 17.3 Å². The van der Waals surface area contributed by atoms with Crippen LogP contribution in [0.3, 0.4) is 0 Å². The topological polar surface area (TPSA) is 63.3 Å². The lowest BCUT2D eigenvalue weighted by atomic mass is 9.88. The van der Waals surface area contributed by atoms with Crippen molar-refractivity contribution in [2.75, 3.05) is 31.8 Å². The highest BCUT2D eigenvalue weighted by molar-refractivity contribution is 6.31. The molecule has 6 nitrogen and oxygen atoms in total. The van der Waals surface area contributed by atoms with Gasteiger partial charge in [0.2, 0.25) is 0 Å². The van der Waals surface area contributed by atoms with Gasteiger partial charge in [0.15, 0.2) is 5.69 Å². The van der Waals surface area contributed by atoms with Crippen molar-refractivity contribution in [2.24, 2.45) is 5.92 Å². The second-order valence-corrected chi connectivity index (χ2v) is 9.02. The number of benzene rings is 1. The molecule has 0 bridgehead atoms. The number of alkyl halides is 3. The van der Waals surface area contributed by atoms with Gasteiger partial charge >= 0.3 is 12.2 Å². The molecule has 1 saturated heterocycles. The van der Waals surface area contributed by atoms with Gasteiger partial charge in [0.1, 0.15) is 5.82 Å². The molecule has 4 heterocycles. The lowest BCUT2D eigenvalue weighted by Gasteiger charge is -2.39. The van der Waals surface area contributed by atoms with E-state index in [2.05, 4.69) is 15.0 Å². The summed E-state index contributed by atoms with van der Waals surface area (Å²) >= 11 is 6.25. The smallest absolute Gasteiger partial charge is 0.433 e. The number of anilines is 1.